The van der Waals surface area contributed by atoms with Crippen LogP contribution in [0.4, 0.5) is 0 Å². The van der Waals surface area contributed by atoms with Gasteiger partial charge in [-0.05, 0) is 11.4 Å². The lowest BCUT2D eigenvalue weighted by Gasteiger charge is -2.08. The second-order valence-corrected chi connectivity index (χ2v) is 3.37. The first-order valence-corrected chi connectivity index (χ1v) is 4.64. The molecule has 1 aromatic rings. The summed E-state index contributed by atoms with van der Waals surface area (Å²) in [5, 5.41) is 1.97. The van der Waals surface area contributed by atoms with E-state index < -0.39 is 0 Å². The molecule has 4 heteroatoms. The molecule has 0 aromatic carbocycles. The first-order chi connectivity index (χ1) is 5.92. The molecule has 1 saturated heterocycles. The van der Waals surface area contributed by atoms with Gasteiger partial charge < -0.3 is 14.2 Å². The van der Waals surface area contributed by atoms with Gasteiger partial charge in [-0.1, -0.05) is 0 Å². The minimum atomic E-state index is -0.208. The average Bonchev–Trinajstić information content (AvgIpc) is 2.74. The molecular formula is C8H10O3S. The van der Waals surface area contributed by atoms with Crippen molar-refractivity contribution in [1.82, 2.24) is 0 Å². The lowest BCUT2D eigenvalue weighted by Crippen LogP contribution is -1.97. The molecule has 66 valence electrons. The molecule has 0 unspecified atom stereocenters. The van der Waals surface area contributed by atoms with Crippen LogP contribution in [0.2, 0.25) is 0 Å². The van der Waals surface area contributed by atoms with Gasteiger partial charge in [0.15, 0.2) is 6.29 Å². The van der Waals surface area contributed by atoms with Crippen molar-refractivity contribution in [2.45, 2.75) is 6.29 Å². The van der Waals surface area contributed by atoms with Crippen molar-refractivity contribution in [1.29, 1.82) is 0 Å². The van der Waals surface area contributed by atoms with E-state index in [1.165, 1.54) is 0 Å². The molecule has 1 aromatic heterocycles. The molecule has 2 rings (SSSR count). The first kappa shape index (κ1) is 8.04. The van der Waals surface area contributed by atoms with Crippen molar-refractivity contribution < 1.29 is 14.2 Å². The molecule has 3 nitrogen and oxygen atoms in total. The number of thiophene rings is 1. The Morgan fingerprint density at radius 3 is 2.92 bits per heavy atom. The molecule has 0 aliphatic carbocycles. The summed E-state index contributed by atoms with van der Waals surface area (Å²) in [5.74, 6) is 0.854. The quantitative estimate of drug-likeness (QED) is 0.705. The molecule has 0 radical (unpaired) electrons. The molecular weight excluding hydrogens is 176 g/mol. The molecule has 0 saturated carbocycles. The van der Waals surface area contributed by atoms with E-state index in [0.717, 1.165) is 10.6 Å². The Morgan fingerprint density at radius 2 is 2.25 bits per heavy atom. The number of ether oxygens (including phenoxy) is 3. The van der Waals surface area contributed by atoms with Crippen LogP contribution in [0.3, 0.4) is 0 Å². The van der Waals surface area contributed by atoms with Gasteiger partial charge in [-0.2, -0.15) is 0 Å². The summed E-state index contributed by atoms with van der Waals surface area (Å²) in [4.78, 5) is 1.02. The second-order valence-electron chi connectivity index (χ2n) is 2.43. The maximum atomic E-state index is 5.35. The number of hydrogen-bond acceptors (Lipinski definition) is 4. The summed E-state index contributed by atoms with van der Waals surface area (Å²) in [5.41, 5.74) is 0. The van der Waals surface area contributed by atoms with E-state index in [0.29, 0.717) is 13.2 Å². The predicted octanol–water partition coefficient (Wildman–Crippen LogP) is 1.80. The van der Waals surface area contributed by atoms with Gasteiger partial charge in [-0.15, -0.1) is 11.3 Å². The van der Waals surface area contributed by atoms with Crippen LogP contribution in [0.25, 0.3) is 0 Å². The molecule has 0 amide bonds. The van der Waals surface area contributed by atoms with Crippen LogP contribution in [-0.2, 0) is 9.47 Å². The highest BCUT2D eigenvalue weighted by Crippen LogP contribution is 2.35. The van der Waals surface area contributed by atoms with Gasteiger partial charge >= 0.3 is 0 Å². The summed E-state index contributed by atoms with van der Waals surface area (Å²) in [6.45, 7) is 1.34. The van der Waals surface area contributed by atoms with E-state index in [1.54, 1.807) is 18.4 Å². The van der Waals surface area contributed by atoms with Gasteiger partial charge in [0.1, 0.15) is 10.6 Å². The van der Waals surface area contributed by atoms with E-state index in [1.807, 2.05) is 11.4 Å². The third-order valence-electron chi connectivity index (χ3n) is 1.71. The van der Waals surface area contributed by atoms with Crippen molar-refractivity contribution in [3.63, 3.8) is 0 Å². The zero-order chi connectivity index (χ0) is 8.39. The third-order valence-corrected chi connectivity index (χ3v) is 2.63. The highest BCUT2D eigenvalue weighted by Gasteiger charge is 2.22. The predicted molar refractivity (Wildman–Crippen MR) is 45.5 cm³/mol. The Balaban J connectivity index is 2.19. The third kappa shape index (κ3) is 1.33. The van der Waals surface area contributed by atoms with Gasteiger partial charge in [0, 0.05) is 0 Å². The zero-order valence-electron chi connectivity index (χ0n) is 6.78. The Hall–Kier alpha value is -0.580. The van der Waals surface area contributed by atoms with E-state index >= 15 is 0 Å². The van der Waals surface area contributed by atoms with Gasteiger partial charge in [-0.25, -0.2) is 0 Å². The highest BCUT2D eigenvalue weighted by molar-refractivity contribution is 7.10. The Morgan fingerprint density at radius 1 is 1.50 bits per heavy atom. The lowest BCUT2D eigenvalue weighted by molar-refractivity contribution is -0.0425. The smallest absolute Gasteiger partial charge is 0.196 e. The molecule has 12 heavy (non-hydrogen) atoms. The average molecular weight is 186 g/mol. The number of rotatable bonds is 2. The number of methoxy groups -OCH3 is 1. The summed E-state index contributed by atoms with van der Waals surface area (Å²) in [7, 11) is 1.65. The minimum absolute atomic E-state index is 0.208. The van der Waals surface area contributed by atoms with Gasteiger partial charge in [0.2, 0.25) is 0 Å². The Kier molecular flexibility index (Phi) is 2.30. The van der Waals surface area contributed by atoms with E-state index in [9.17, 15) is 0 Å². The van der Waals surface area contributed by atoms with Crippen LogP contribution in [0.1, 0.15) is 11.2 Å². The van der Waals surface area contributed by atoms with Crippen LogP contribution in [0, 0.1) is 0 Å². The monoisotopic (exact) mass is 186 g/mol. The molecule has 0 atom stereocenters. The van der Waals surface area contributed by atoms with E-state index in [2.05, 4.69) is 0 Å². The van der Waals surface area contributed by atoms with Crippen molar-refractivity contribution in [3.05, 3.63) is 16.3 Å². The zero-order valence-corrected chi connectivity index (χ0v) is 7.60. The van der Waals surface area contributed by atoms with Crippen molar-refractivity contribution >= 4 is 11.3 Å². The summed E-state index contributed by atoms with van der Waals surface area (Å²) < 4.78 is 15.8. The maximum Gasteiger partial charge on any atom is 0.196 e. The van der Waals surface area contributed by atoms with E-state index in [-0.39, 0.29) is 6.29 Å². The standard InChI is InChI=1S/C8H10O3S/c1-9-6-2-5-12-7(6)8-10-3-4-11-8/h2,5,8H,3-4H2,1H3. The summed E-state index contributed by atoms with van der Waals surface area (Å²) in [6, 6.07) is 1.92. The van der Waals surface area contributed by atoms with Crippen LogP contribution >= 0.6 is 11.3 Å². The summed E-state index contributed by atoms with van der Waals surface area (Å²) >= 11 is 1.60. The summed E-state index contributed by atoms with van der Waals surface area (Å²) in [6.07, 6.45) is -0.208. The lowest BCUT2D eigenvalue weighted by atomic mass is 10.4. The van der Waals surface area contributed by atoms with Crippen LogP contribution in [0.5, 0.6) is 5.75 Å². The van der Waals surface area contributed by atoms with Crippen molar-refractivity contribution in [3.8, 4) is 5.75 Å². The fourth-order valence-corrected chi connectivity index (χ4v) is 2.01. The highest BCUT2D eigenvalue weighted by atomic mass is 32.1. The molecule has 1 fully saturated rings. The molecule has 0 spiro atoms. The molecule has 1 aliphatic rings. The first-order valence-electron chi connectivity index (χ1n) is 3.76. The van der Waals surface area contributed by atoms with Crippen molar-refractivity contribution in [2.75, 3.05) is 20.3 Å². The SMILES string of the molecule is COc1ccsc1C1OCCO1. The van der Waals surface area contributed by atoms with Gasteiger partial charge in [0.25, 0.3) is 0 Å². The fourth-order valence-electron chi connectivity index (χ4n) is 1.16. The van der Waals surface area contributed by atoms with Crippen LogP contribution in [-0.4, -0.2) is 20.3 Å². The molecule has 0 N–H and O–H groups in total. The largest absolute Gasteiger partial charge is 0.495 e. The minimum Gasteiger partial charge on any atom is -0.495 e. The van der Waals surface area contributed by atoms with Crippen LogP contribution in [0.15, 0.2) is 11.4 Å². The normalized spacial score (nSPS) is 18.4. The van der Waals surface area contributed by atoms with Crippen molar-refractivity contribution in [2.24, 2.45) is 0 Å². The Bertz CT molecular complexity index is 253. The van der Waals surface area contributed by atoms with Gasteiger partial charge in [-0.3, -0.25) is 0 Å². The number of hydrogen-bond donors (Lipinski definition) is 0. The second kappa shape index (κ2) is 3.43. The molecule has 1 aliphatic heterocycles. The fraction of sp³-hybridized carbons (Fsp3) is 0.500. The molecule has 2 heterocycles. The van der Waals surface area contributed by atoms with Crippen LogP contribution < -0.4 is 4.74 Å². The Labute approximate surface area is 74.9 Å². The van der Waals surface area contributed by atoms with E-state index in [4.69, 9.17) is 14.2 Å². The topological polar surface area (TPSA) is 27.7 Å². The van der Waals surface area contributed by atoms with Gasteiger partial charge in [0.05, 0.1) is 20.3 Å². The maximum absolute atomic E-state index is 5.35. The molecule has 0 bridgehead atoms.